The Balaban J connectivity index is 2.39. The average molecular weight is 262 g/mol. The third-order valence-electron chi connectivity index (χ3n) is 4.35. The van der Waals surface area contributed by atoms with Crippen LogP contribution in [0.3, 0.4) is 0 Å². The van der Waals surface area contributed by atoms with Crippen molar-refractivity contribution in [3.05, 3.63) is 28.8 Å². The highest BCUT2D eigenvalue weighted by molar-refractivity contribution is 5.45. The van der Waals surface area contributed by atoms with Crippen LogP contribution in [-0.4, -0.2) is 31.1 Å². The van der Waals surface area contributed by atoms with Crippen molar-refractivity contribution in [3.8, 4) is 5.75 Å². The molecule has 106 valence electrons. The number of ether oxygens (including phenoxy) is 1. The van der Waals surface area contributed by atoms with Crippen LogP contribution in [0.15, 0.2) is 12.1 Å². The predicted molar refractivity (Wildman–Crippen MR) is 79.7 cm³/mol. The number of nitrogens with two attached hydrogens (primary N) is 1. The van der Waals surface area contributed by atoms with Gasteiger partial charge in [0.2, 0.25) is 0 Å². The maximum Gasteiger partial charge on any atom is 0.122 e. The van der Waals surface area contributed by atoms with Crippen LogP contribution in [0.2, 0.25) is 0 Å². The minimum absolute atomic E-state index is 0.143. The van der Waals surface area contributed by atoms with Crippen LogP contribution in [0.4, 0.5) is 0 Å². The molecular formula is C16H26N2O. The standard InChI is InChI=1S/C16H26N2O/c1-11-12(2)15(19-4)8-7-14(11)16(13(3)17)18-9-5-6-10-18/h7-8,13,16H,5-6,9-10,17H2,1-4H3. The molecule has 0 saturated carbocycles. The Morgan fingerprint density at radius 3 is 2.32 bits per heavy atom. The van der Waals surface area contributed by atoms with Gasteiger partial charge < -0.3 is 10.5 Å². The summed E-state index contributed by atoms with van der Waals surface area (Å²) >= 11 is 0. The van der Waals surface area contributed by atoms with Gasteiger partial charge in [-0.2, -0.15) is 0 Å². The van der Waals surface area contributed by atoms with E-state index in [0.717, 1.165) is 18.8 Å². The number of hydrogen-bond acceptors (Lipinski definition) is 3. The van der Waals surface area contributed by atoms with Crippen molar-refractivity contribution in [3.63, 3.8) is 0 Å². The number of rotatable bonds is 4. The number of hydrogen-bond donors (Lipinski definition) is 1. The number of likely N-dealkylation sites (tertiary alicyclic amines) is 1. The Morgan fingerprint density at radius 1 is 1.16 bits per heavy atom. The molecule has 3 nitrogen and oxygen atoms in total. The van der Waals surface area contributed by atoms with E-state index < -0.39 is 0 Å². The highest BCUT2D eigenvalue weighted by Crippen LogP contribution is 2.33. The molecule has 2 unspecified atom stereocenters. The summed E-state index contributed by atoms with van der Waals surface area (Å²) in [6, 6.07) is 4.73. The lowest BCUT2D eigenvalue weighted by molar-refractivity contribution is 0.218. The molecule has 3 heteroatoms. The van der Waals surface area contributed by atoms with Crippen molar-refractivity contribution in [1.82, 2.24) is 4.90 Å². The van der Waals surface area contributed by atoms with Crippen molar-refractivity contribution in [2.45, 2.75) is 45.7 Å². The van der Waals surface area contributed by atoms with Gasteiger partial charge in [-0.15, -0.1) is 0 Å². The largest absolute Gasteiger partial charge is 0.496 e. The second-order valence-electron chi connectivity index (χ2n) is 5.65. The molecule has 1 fully saturated rings. The van der Waals surface area contributed by atoms with Crippen LogP contribution in [0.25, 0.3) is 0 Å². The number of benzene rings is 1. The normalized spacial score (nSPS) is 19.4. The fourth-order valence-corrected chi connectivity index (χ4v) is 3.19. The van der Waals surface area contributed by atoms with Gasteiger partial charge in [0, 0.05) is 12.1 Å². The Kier molecular flexibility index (Phi) is 4.48. The molecular weight excluding hydrogens is 236 g/mol. The van der Waals surface area contributed by atoms with E-state index in [4.69, 9.17) is 10.5 Å². The summed E-state index contributed by atoms with van der Waals surface area (Å²) in [5.41, 5.74) is 10.2. The quantitative estimate of drug-likeness (QED) is 0.907. The molecule has 0 amide bonds. The van der Waals surface area contributed by atoms with E-state index in [-0.39, 0.29) is 6.04 Å². The van der Waals surface area contributed by atoms with Crippen molar-refractivity contribution in [1.29, 1.82) is 0 Å². The topological polar surface area (TPSA) is 38.5 Å². The molecule has 1 saturated heterocycles. The highest BCUT2D eigenvalue weighted by Gasteiger charge is 2.28. The van der Waals surface area contributed by atoms with Crippen molar-refractivity contribution in [2.24, 2.45) is 5.73 Å². The molecule has 1 aliphatic heterocycles. The highest BCUT2D eigenvalue weighted by atomic mass is 16.5. The Morgan fingerprint density at radius 2 is 1.79 bits per heavy atom. The fourth-order valence-electron chi connectivity index (χ4n) is 3.19. The monoisotopic (exact) mass is 262 g/mol. The SMILES string of the molecule is COc1ccc(C(C(C)N)N2CCCC2)c(C)c1C. The van der Waals surface area contributed by atoms with Gasteiger partial charge in [-0.05, 0) is 69.5 Å². The summed E-state index contributed by atoms with van der Waals surface area (Å²) in [6.45, 7) is 8.74. The molecule has 19 heavy (non-hydrogen) atoms. The second-order valence-corrected chi connectivity index (χ2v) is 5.65. The zero-order valence-corrected chi connectivity index (χ0v) is 12.6. The van der Waals surface area contributed by atoms with Crippen molar-refractivity contribution in [2.75, 3.05) is 20.2 Å². The molecule has 1 aromatic carbocycles. The molecule has 0 aliphatic carbocycles. The summed E-state index contributed by atoms with van der Waals surface area (Å²) in [5, 5.41) is 0. The molecule has 1 aliphatic rings. The second kappa shape index (κ2) is 5.93. The average Bonchev–Trinajstić information content (AvgIpc) is 2.88. The molecule has 0 aromatic heterocycles. The summed E-state index contributed by atoms with van der Waals surface area (Å²) in [7, 11) is 1.73. The first-order chi connectivity index (χ1) is 9.06. The van der Waals surface area contributed by atoms with Crippen LogP contribution in [0.5, 0.6) is 5.75 Å². The molecule has 0 spiro atoms. The molecule has 1 heterocycles. The van der Waals surface area contributed by atoms with Gasteiger partial charge in [0.05, 0.1) is 7.11 Å². The van der Waals surface area contributed by atoms with Gasteiger partial charge >= 0.3 is 0 Å². The van der Waals surface area contributed by atoms with Gasteiger partial charge in [-0.25, -0.2) is 0 Å². The van der Waals surface area contributed by atoms with Gasteiger partial charge in [-0.3, -0.25) is 4.90 Å². The zero-order chi connectivity index (χ0) is 14.0. The maximum atomic E-state index is 6.27. The predicted octanol–water partition coefficient (Wildman–Crippen LogP) is 2.80. The van der Waals surface area contributed by atoms with Gasteiger partial charge in [0.1, 0.15) is 5.75 Å². The first kappa shape index (κ1) is 14.4. The minimum atomic E-state index is 0.143. The Hall–Kier alpha value is -1.06. The summed E-state index contributed by atoms with van der Waals surface area (Å²) in [4.78, 5) is 2.53. The first-order valence-electron chi connectivity index (χ1n) is 7.20. The van der Waals surface area contributed by atoms with Gasteiger partial charge in [0.15, 0.2) is 0 Å². The van der Waals surface area contributed by atoms with E-state index in [0.29, 0.717) is 6.04 Å². The summed E-state index contributed by atoms with van der Waals surface area (Å²) < 4.78 is 5.40. The number of methoxy groups -OCH3 is 1. The van der Waals surface area contributed by atoms with E-state index in [1.165, 1.54) is 29.5 Å². The number of nitrogens with zero attached hydrogens (tertiary/aromatic N) is 1. The van der Waals surface area contributed by atoms with Crippen LogP contribution in [0, 0.1) is 13.8 Å². The van der Waals surface area contributed by atoms with Gasteiger partial charge in [-0.1, -0.05) is 6.07 Å². The zero-order valence-electron chi connectivity index (χ0n) is 12.6. The van der Waals surface area contributed by atoms with Crippen LogP contribution in [-0.2, 0) is 0 Å². The molecule has 1 aromatic rings. The minimum Gasteiger partial charge on any atom is -0.496 e. The molecule has 0 radical (unpaired) electrons. The van der Waals surface area contributed by atoms with E-state index in [1.54, 1.807) is 7.11 Å². The van der Waals surface area contributed by atoms with Crippen LogP contribution >= 0.6 is 0 Å². The molecule has 2 N–H and O–H groups in total. The van der Waals surface area contributed by atoms with E-state index in [1.807, 2.05) is 0 Å². The third-order valence-corrected chi connectivity index (χ3v) is 4.35. The van der Waals surface area contributed by atoms with Crippen molar-refractivity contribution < 1.29 is 4.74 Å². The van der Waals surface area contributed by atoms with Crippen molar-refractivity contribution >= 4 is 0 Å². The maximum absolute atomic E-state index is 6.27. The lowest BCUT2D eigenvalue weighted by Gasteiger charge is -2.32. The smallest absolute Gasteiger partial charge is 0.122 e. The lowest BCUT2D eigenvalue weighted by Crippen LogP contribution is -2.38. The summed E-state index contributed by atoms with van der Waals surface area (Å²) in [5.74, 6) is 0.964. The first-order valence-corrected chi connectivity index (χ1v) is 7.20. The van der Waals surface area contributed by atoms with Crippen LogP contribution in [0.1, 0.15) is 42.5 Å². The van der Waals surface area contributed by atoms with E-state index in [2.05, 4.69) is 37.8 Å². The van der Waals surface area contributed by atoms with E-state index >= 15 is 0 Å². The lowest BCUT2D eigenvalue weighted by atomic mass is 9.92. The van der Waals surface area contributed by atoms with Gasteiger partial charge in [0.25, 0.3) is 0 Å². The Labute approximate surface area is 116 Å². The molecule has 2 atom stereocenters. The van der Waals surface area contributed by atoms with E-state index in [9.17, 15) is 0 Å². The fraction of sp³-hybridized carbons (Fsp3) is 0.625. The Bertz CT molecular complexity index is 437. The molecule has 0 bridgehead atoms. The molecule has 2 rings (SSSR count). The summed E-state index contributed by atoms with van der Waals surface area (Å²) in [6.07, 6.45) is 2.58. The van der Waals surface area contributed by atoms with Crippen LogP contribution < -0.4 is 10.5 Å². The third kappa shape index (κ3) is 2.77.